The van der Waals surface area contributed by atoms with Crippen molar-refractivity contribution >= 4 is 17.5 Å². The summed E-state index contributed by atoms with van der Waals surface area (Å²) in [6.45, 7) is 1.60. The van der Waals surface area contributed by atoms with Crippen LogP contribution in [0.25, 0.3) is 0 Å². The maximum Gasteiger partial charge on any atom is 0.243 e. The van der Waals surface area contributed by atoms with Crippen LogP contribution in [0, 0.1) is 0 Å². The van der Waals surface area contributed by atoms with Crippen molar-refractivity contribution in [1.82, 2.24) is 10.6 Å². The van der Waals surface area contributed by atoms with Crippen molar-refractivity contribution in [1.29, 1.82) is 0 Å². The number of rotatable bonds is 3. The highest BCUT2D eigenvalue weighted by molar-refractivity contribution is 5.96. The molecule has 2 heterocycles. The first-order valence-electron chi connectivity index (χ1n) is 6.86. The first-order valence-corrected chi connectivity index (χ1v) is 6.86. The molecular weight excluding hydrogens is 274 g/mol. The highest BCUT2D eigenvalue weighted by Gasteiger charge is 2.24. The average molecular weight is 291 g/mol. The van der Waals surface area contributed by atoms with Crippen LogP contribution in [0.4, 0.5) is 5.69 Å². The van der Waals surface area contributed by atoms with Gasteiger partial charge in [0.25, 0.3) is 0 Å². The molecule has 0 aliphatic carbocycles. The highest BCUT2D eigenvalue weighted by atomic mass is 16.7. The second-order valence-electron chi connectivity index (χ2n) is 4.93. The fraction of sp³-hybridized carbons (Fsp3) is 0.429. The fourth-order valence-electron chi connectivity index (χ4n) is 2.30. The van der Waals surface area contributed by atoms with Gasteiger partial charge in [-0.05, 0) is 12.1 Å². The molecule has 2 saturated heterocycles. The molecule has 112 valence electrons. The molecule has 2 fully saturated rings. The number of nitrogens with one attached hydrogen (secondary N) is 3. The number of carbonyl (C=O) groups is 2. The number of carbonyl (C=O) groups excluding carboxylic acids is 2. The molecule has 7 nitrogen and oxygen atoms in total. The van der Waals surface area contributed by atoms with E-state index in [1.54, 1.807) is 6.07 Å². The number of anilines is 1. The standard InChI is InChI=1S/C14H17N3O4/c18-12-8-15-11(7-16-12)13(19)17-10-3-1-2-9(6-10)14-20-4-5-21-14/h1-3,6,11,14-15H,4-5,7-8H2,(H,16,18)(H,17,19). The zero-order valence-corrected chi connectivity index (χ0v) is 11.4. The lowest BCUT2D eigenvalue weighted by atomic mass is 10.1. The third-order valence-electron chi connectivity index (χ3n) is 3.38. The largest absolute Gasteiger partial charge is 0.353 e. The Morgan fingerprint density at radius 1 is 1.29 bits per heavy atom. The highest BCUT2D eigenvalue weighted by Crippen LogP contribution is 2.25. The van der Waals surface area contributed by atoms with E-state index in [1.807, 2.05) is 18.2 Å². The van der Waals surface area contributed by atoms with E-state index in [-0.39, 0.29) is 24.6 Å². The van der Waals surface area contributed by atoms with Crippen molar-refractivity contribution in [2.75, 3.05) is 31.6 Å². The fourth-order valence-corrected chi connectivity index (χ4v) is 2.30. The summed E-state index contributed by atoms with van der Waals surface area (Å²) in [6, 6.07) is 6.94. The van der Waals surface area contributed by atoms with Gasteiger partial charge in [-0.25, -0.2) is 0 Å². The Hall–Kier alpha value is -1.96. The number of hydrogen-bond donors (Lipinski definition) is 3. The molecule has 0 spiro atoms. The maximum atomic E-state index is 12.1. The Balaban J connectivity index is 1.63. The molecular formula is C14H17N3O4. The van der Waals surface area contributed by atoms with Gasteiger partial charge in [-0.15, -0.1) is 0 Å². The van der Waals surface area contributed by atoms with Gasteiger partial charge < -0.3 is 20.1 Å². The van der Waals surface area contributed by atoms with Gasteiger partial charge in [0, 0.05) is 17.8 Å². The molecule has 0 bridgehead atoms. The number of ether oxygens (including phenoxy) is 2. The van der Waals surface area contributed by atoms with Crippen LogP contribution in [-0.4, -0.2) is 44.2 Å². The summed E-state index contributed by atoms with van der Waals surface area (Å²) in [5.41, 5.74) is 1.55. The van der Waals surface area contributed by atoms with Gasteiger partial charge in [0.1, 0.15) is 6.04 Å². The van der Waals surface area contributed by atoms with Gasteiger partial charge in [0.2, 0.25) is 11.8 Å². The summed E-state index contributed by atoms with van der Waals surface area (Å²) in [7, 11) is 0. The Labute approximate surface area is 122 Å². The average Bonchev–Trinajstić information content (AvgIpc) is 3.02. The molecule has 1 unspecified atom stereocenters. The van der Waals surface area contributed by atoms with Crippen LogP contribution in [-0.2, 0) is 19.1 Å². The van der Waals surface area contributed by atoms with E-state index in [9.17, 15) is 9.59 Å². The van der Waals surface area contributed by atoms with Crippen LogP contribution < -0.4 is 16.0 Å². The van der Waals surface area contributed by atoms with Gasteiger partial charge in [-0.2, -0.15) is 0 Å². The third kappa shape index (κ3) is 3.38. The normalized spacial score (nSPS) is 22.9. The predicted octanol–water partition coefficient (Wildman–Crippen LogP) is -0.241. The smallest absolute Gasteiger partial charge is 0.243 e. The minimum atomic E-state index is -0.426. The zero-order valence-electron chi connectivity index (χ0n) is 11.4. The summed E-state index contributed by atoms with van der Waals surface area (Å²) >= 11 is 0. The van der Waals surface area contributed by atoms with Gasteiger partial charge >= 0.3 is 0 Å². The quantitative estimate of drug-likeness (QED) is 0.715. The van der Waals surface area contributed by atoms with Crippen LogP contribution >= 0.6 is 0 Å². The first kappa shape index (κ1) is 14.0. The molecule has 1 aromatic rings. The summed E-state index contributed by atoms with van der Waals surface area (Å²) in [5, 5.41) is 8.36. The summed E-state index contributed by atoms with van der Waals surface area (Å²) in [6.07, 6.45) is -0.367. The minimum absolute atomic E-state index is 0.100. The Morgan fingerprint density at radius 3 is 2.81 bits per heavy atom. The SMILES string of the molecule is O=C1CNC(C(=O)Nc2cccc(C3OCCO3)c2)CN1. The number of piperazine rings is 1. The summed E-state index contributed by atoms with van der Waals surface area (Å²) < 4.78 is 10.9. The van der Waals surface area contributed by atoms with E-state index in [1.165, 1.54) is 0 Å². The number of amides is 2. The van der Waals surface area contributed by atoms with Crippen molar-refractivity contribution in [3.63, 3.8) is 0 Å². The van der Waals surface area contributed by atoms with E-state index in [0.717, 1.165) is 5.56 Å². The van der Waals surface area contributed by atoms with Crippen LogP contribution in [0.1, 0.15) is 11.9 Å². The van der Waals surface area contributed by atoms with E-state index in [2.05, 4.69) is 16.0 Å². The molecule has 1 atom stereocenters. The van der Waals surface area contributed by atoms with Gasteiger partial charge in [0.05, 0.1) is 19.8 Å². The second-order valence-corrected chi connectivity index (χ2v) is 4.93. The predicted molar refractivity (Wildman–Crippen MR) is 74.5 cm³/mol. The van der Waals surface area contributed by atoms with Gasteiger partial charge in [0.15, 0.2) is 6.29 Å². The van der Waals surface area contributed by atoms with Crippen molar-refractivity contribution in [2.45, 2.75) is 12.3 Å². The van der Waals surface area contributed by atoms with Crippen molar-refractivity contribution in [2.24, 2.45) is 0 Å². The third-order valence-corrected chi connectivity index (χ3v) is 3.38. The lowest BCUT2D eigenvalue weighted by molar-refractivity contribution is -0.124. The van der Waals surface area contributed by atoms with Gasteiger partial charge in [-0.1, -0.05) is 12.1 Å². The molecule has 0 saturated carbocycles. The van der Waals surface area contributed by atoms with Gasteiger partial charge in [-0.3, -0.25) is 14.9 Å². The van der Waals surface area contributed by atoms with Crippen LogP contribution in [0.15, 0.2) is 24.3 Å². The van der Waals surface area contributed by atoms with Crippen molar-refractivity contribution < 1.29 is 19.1 Å². The molecule has 3 rings (SSSR count). The molecule has 7 heteroatoms. The van der Waals surface area contributed by atoms with Crippen LogP contribution in [0.2, 0.25) is 0 Å². The topological polar surface area (TPSA) is 88.7 Å². The van der Waals surface area contributed by atoms with E-state index in [0.29, 0.717) is 25.4 Å². The van der Waals surface area contributed by atoms with Crippen LogP contribution in [0.3, 0.4) is 0 Å². The summed E-state index contributed by atoms with van der Waals surface area (Å²) in [5.74, 6) is -0.281. The zero-order chi connectivity index (χ0) is 14.7. The lowest BCUT2D eigenvalue weighted by Crippen LogP contribution is -2.56. The minimum Gasteiger partial charge on any atom is -0.353 e. The first-order chi connectivity index (χ1) is 10.2. The molecule has 0 aromatic heterocycles. The number of hydrogen-bond acceptors (Lipinski definition) is 5. The molecule has 3 N–H and O–H groups in total. The maximum absolute atomic E-state index is 12.1. The molecule has 2 amide bonds. The Bertz CT molecular complexity index is 533. The molecule has 21 heavy (non-hydrogen) atoms. The molecule has 1 aromatic carbocycles. The molecule has 2 aliphatic heterocycles. The van der Waals surface area contributed by atoms with E-state index >= 15 is 0 Å². The summed E-state index contributed by atoms with van der Waals surface area (Å²) in [4.78, 5) is 23.2. The van der Waals surface area contributed by atoms with Crippen molar-refractivity contribution in [3.8, 4) is 0 Å². The monoisotopic (exact) mass is 291 g/mol. The van der Waals surface area contributed by atoms with Crippen molar-refractivity contribution in [3.05, 3.63) is 29.8 Å². The lowest BCUT2D eigenvalue weighted by Gasteiger charge is -2.23. The number of benzene rings is 1. The van der Waals surface area contributed by atoms with Crippen LogP contribution in [0.5, 0.6) is 0 Å². The molecule has 2 aliphatic rings. The second kappa shape index (κ2) is 6.21. The Morgan fingerprint density at radius 2 is 2.10 bits per heavy atom. The Kier molecular flexibility index (Phi) is 4.14. The van der Waals surface area contributed by atoms with E-state index in [4.69, 9.17) is 9.47 Å². The molecule has 0 radical (unpaired) electrons. The van der Waals surface area contributed by atoms with E-state index < -0.39 is 6.04 Å².